The van der Waals surface area contributed by atoms with E-state index in [-0.39, 0.29) is 47.7 Å². The third-order valence-electron chi connectivity index (χ3n) is 7.76. The van der Waals surface area contributed by atoms with Gasteiger partial charge in [-0.15, -0.1) is 0 Å². The molecule has 0 spiro atoms. The number of carbonyl (C=O) groups excluding carboxylic acids is 2. The zero-order chi connectivity index (χ0) is 26.7. The van der Waals surface area contributed by atoms with Crippen molar-refractivity contribution >= 4 is 17.5 Å². The van der Waals surface area contributed by atoms with E-state index in [1.165, 1.54) is 12.1 Å². The summed E-state index contributed by atoms with van der Waals surface area (Å²) in [5.41, 5.74) is 2.31. The Hall–Kier alpha value is -2.77. The minimum Gasteiger partial charge on any atom is -0.349 e. The summed E-state index contributed by atoms with van der Waals surface area (Å²) < 4.78 is 14.0. The lowest BCUT2D eigenvalue weighted by Crippen LogP contribution is -2.67. The van der Waals surface area contributed by atoms with E-state index in [1.807, 2.05) is 25.1 Å². The van der Waals surface area contributed by atoms with Gasteiger partial charge in [0.1, 0.15) is 5.82 Å². The van der Waals surface area contributed by atoms with Crippen molar-refractivity contribution in [2.45, 2.75) is 65.1 Å². The zero-order valence-corrected chi connectivity index (χ0v) is 22.8. The van der Waals surface area contributed by atoms with Crippen LogP contribution < -0.4 is 15.5 Å². The van der Waals surface area contributed by atoms with E-state index in [0.29, 0.717) is 31.1 Å². The van der Waals surface area contributed by atoms with Gasteiger partial charge in [-0.1, -0.05) is 50.2 Å². The zero-order valence-electron chi connectivity index (χ0n) is 22.8. The van der Waals surface area contributed by atoms with Gasteiger partial charge in [-0.3, -0.25) is 14.5 Å². The standard InChI is InChI=1S/C30H41FN4O2/c1-20(2)13-26(22-9-7-6-8-10-22)33-29(37)23-14-25(17-32-16-23)35-18-28(36)34(19-30(35,4)5)27-15-24(31)12-11-21(27)3/h6-12,15,20,23,25-26,32H,13-14,16-19H2,1-5H3,(H,33,37)/t23-,25+,26?/m0/s1. The summed E-state index contributed by atoms with van der Waals surface area (Å²) in [5.74, 6) is -0.0464. The lowest BCUT2D eigenvalue weighted by Gasteiger charge is -2.51. The SMILES string of the molecule is Cc1ccc(F)cc1N1CC(C)(C)N([C@H]2CNC[C@@H](C(=O)NC(CC(C)C)c3ccccc3)C2)CC1=O. The van der Waals surface area contributed by atoms with E-state index in [1.54, 1.807) is 11.0 Å². The van der Waals surface area contributed by atoms with Crippen molar-refractivity contribution in [2.24, 2.45) is 11.8 Å². The summed E-state index contributed by atoms with van der Waals surface area (Å²) in [7, 11) is 0. The molecule has 2 saturated heterocycles. The Morgan fingerprint density at radius 2 is 1.89 bits per heavy atom. The Labute approximate surface area is 220 Å². The molecule has 7 heteroatoms. The fourth-order valence-corrected chi connectivity index (χ4v) is 5.81. The number of carbonyl (C=O) groups is 2. The summed E-state index contributed by atoms with van der Waals surface area (Å²) in [4.78, 5) is 30.7. The molecule has 0 bridgehead atoms. The fraction of sp³-hybridized carbons (Fsp3) is 0.533. The first-order valence-corrected chi connectivity index (χ1v) is 13.4. The molecule has 0 aliphatic carbocycles. The summed E-state index contributed by atoms with van der Waals surface area (Å²) in [5, 5.41) is 6.77. The maximum Gasteiger partial charge on any atom is 0.241 e. The molecule has 2 aromatic rings. The fourth-order valence-electron chi connectivity index (χ4n) is 5.81. The molecule has 2 aliphatic heterocycles. The second-order valence-corrected chi connectivity index (χ2v) is 11.7. The molecule has 2 N–H and O–H groups in total. The number of halogens is 1. The van der Waals surface area contributed by atoms with Gasteiger partial charge in [-0.05, 0) is 62.8 Å². The molecule has 3 atom stereocenters. The van der Waals surface area contributed by atoms with Crippen LogP contribution in [0, 0.1) is 24.6 Å². The van der Waals surface area contributed by atoms with Crippen molar-refractivity contribution in [3.05, 3.63) is 65.5 Å². The number of aryl methyl sites for hydroxylation is 1. The van der Waals surface area contributed by atoms with Crippen molar-refractivity contribution < 1.29 is 14.0 Å². The highest BCUT2D eigenvalue weighted by atomic mass is 19.1. The number of piperazine rings is 1. The summed E-state index contributed by atoms with van der Waals surface area (Å²) >= 11 is 0. The van der Waals surface area contributed by atoms with Gasteiger partial charge in [-0.2, -0.15) is 0 Å². The highest BCUT2D eigenvalue weighted by Crippen LogP contribution is 2.33. The van der Waals surface area contributed by atoms with E-state index in [2.05, 4.69) is 55.4 Å². The summed E-state index contributed by atoms with van der Waals surface area (Å²) in [6.45, 7) is 12.6. The molecule has 2 heterocycles. The Bertz CT molecular complexity index is 1100. The van der Waals surface area contributed by atoms with Crippen molar-refractivity contribution in [3.8, 4) is 0 Å². The number of nitrogens with zero attached hydrogens (tertiary/aromatic N) is 2. The highest BCUT2D eigenvalue weighted by molar-refractivity contribution is 5.96. The Balaban J connectivity index is 1.45. The minimum atomic E-state index is -0.342. The van der Waals surface area contributed by atoms with Crippen LogP contribution in [0.4, 0.5) is 10.1 Å². The summed E-state index contributed by atoms with van der Waals surface area (Å²) in [6.07, 6.45) is 1.57. The first-order valence-electron chi connectivity index (χ1n) is 13.4. The second-order valence-electron chi connectivity index (χ2n) is 11.7. The molecule has 2 amide bonds. The molecule has 1 unspecified atom stereocenters. The monoisotopic (exact) mass is 508 g/mol. The molecule has 0 saturated carbocycles. The second kappa shape index (κ2) is 11.3. The molecule has 4 rings (SSSR count). The van der Waals surface area contributed by atoms with Crippen LogP contribution in [0.2, 0.25) is 0 Å². The lowest BCUT2D eigenvalue weighted by atomic mass is 9.88. The van der Waals surface area contributed by atoms with Crippen LogP contribution in [0.5, 0.6) is 0 Å². The van der Waals surface area contributed by atoms with Crippen LogP contribution >= 0.6 is 0 Å². The van der Waals surface area contributed by atoms with Crippen molar-refractivity contribution in [1.82, 2.24) is 15.5 Å². The Morgan fingerprint density at radius 1 is 1.16 bits per heavy atom. The van der Waals surface area contributed by atoms with E-state index in [4.69, 9.17) is 0 Å². The highest BCUT2D eigenvalue weighted by Gasteiger charge is 2.44. The molecule has 0 radical (unpaired) electrons. The van der Waals surface area contributed by atoms with E-state index >= 15 is 0 Å². The topological polar surface area (TPSA) is 64.7 Å². The predicted molar refractivity (Wildman–Crippen MR) is 146 cm³/mol. The van der Waals surface area contributed by atoms with Gasteiger partial charge in [0, 0.05) is 36.9 Å². The molecule has 2 aliphatic rings. The van der Waals surface area contributed by atoms with Crippen molar-refractivity contribution in [2.75, 3.05) is 31.1 Å². The third-order valence-corrected chi connectivity index (χ3v) is 7.76. The van der Waals surface area contributed by atoms with Gasteiger partial charge < -0.3 is 15.5 Å². The molecular formula is C30H41FN4O2. The van der Waals surface area contributed by atoms with Gasteiger partial charge >= 0.3 is 0 Å². The molecule has 6 nitrogen and oxygen atoms in total. The molecule has 37 heavy (non-hydrogen) atoms. The van der Waals surface area contributed by atoms with Crippen LogP contribution in [-0.4, -0.2) is 54.5 Å². The molecular weight excluding hydrogens is 467 g/mol. The van der Waals surface area contributed by atoms with Gasteiger partial charge in [0.2, 0.25) is 11.8 Å². The maximum atomic E-state index is 14.0. The number of piperidine rings is 1. The number of anilines is 1. The maximum absolute atomic E-state index is 14.0. The first-order chi connectivity index (χ1) is 17.5. The number of hydrogen-bond donors (Lipinski definition) is 2. The van der Waals surface area contributed by atoms with Gasteiger partial charge in [0.05, 0.1) is 18.5 Å². The molecule has 2 aromatic carbocycles. The van der Waals surface area contributed by atoms with E-state index < -0.39 is 0 Å². The number of hydrogen-bond acceptors (Lipinski definition) is 4. The number of benzene rings is 2. The summed E-state index contributed by atoms with van der Waals surface area (Å²) in [6, 6.07) is 14.8. The van der Waals surface area contributed by atoms with Crippen molar-refractivity contribution in [3.63, 3.8) is 0 Å². The first kappa shape index (κ1) is 27.3. The predicted octanol–water partition coefficient (Wildman–Crippen LogP) is 4.44. The molecule has 0 aromatic heterocycles. The van der Waals surface area contributed by atoms with Crippen LogP contribution in [0.3, 0.4) is 0 Å². The van der Waals surface area contributed by atoms with E-state index in [9.17, 15) is 14.0 Å². The normalized spacial score (nSPS) is 23.2. The largest absolute Gasteiger partial charge is 0.349 e. The minimum absolute atomic E-state index is 0.0230. The van der Waals surface area contributed by atoms with Crippen molar-refractivity contribution in [1.29, 1.82) is 0 Å². The Kier molecular flexibility index (Phi) is 8.34. The number of amides is 2. The smallest absolute Gasteiger partial charge is 0.241 e. The van der Waals surface area contributed by atoms with Crippen LogP contribution in [0.15, 0.2) is 48.5 Å². The van der Waals surface area contributed by atoms with Crippen LogP contribution in [-0.2, 0) is 9.59 Å². The average Bonchev–Trinajstić information content (AvgIpc) is 2.86. The molecule has 2 fully saturated rings. The van der Waals surface area contributed by atoms with E-state index in [0.717, 1.165) is 24.1 Å². The third kappa shape index (κ3) is 6.39. The van der Waals surface area contributed by atoms with Crippen LogP contribution in [0.25, 0.3) is 0 Å². The van der Waals surface area contributed by atoms with Gasteiger partial charge in [0.25, 0.3) is 0 Å². The van der Waals surface area contributed by atoms with Crippen LogP contribution in [0.1, 0.15) is 57.7 Å². The lowest BCUT2D eigenvalue weighted by molar-refractivity contribution is -0.129. The average molecular weight is 509 g/mol. The molecule has 200 valence electrons. The number of nitrogens with one attached hydrogen (secondary N) is 2. The quantitative estimate of drug-likeness (QED) is 0.580. The number of rotatable bonds is 7. The van der Waals surface area contributed by atoms with Gasteiger partial charge in [-0.25, -0.2) is 4.39 Å². The van der Waals surface area contributed by atoms with Gasteiger partial charge in [0.15, 0.2) is 0 Å². The Morgan fingerprint density at radius 3 is 2.59 bits per heavy atom.